The molecule has 1 heterocycles. The fourth-order valence-corrected chi connectivity index (χ4v) is 0.987. The molecule has 1 aromatic heterocycles. The van der Waals surface area contributed by atoms with Gasteiger partial charge in [-0.2, -0.15) is 0 Å². The molecule has 0 bridgehead atoms. The molecule has 0 amide bonds. The van der Waals surface area contributed by atoms with Gasteiger partial charge in [0, 0.05) is 30.7 Å². The van der Waals surface area contributed by atoms with Crippen molar-refractivity contribution in [3.05, 3.63) is 12.4 Å². The molecule has 0 aliphatic rings. The van der Waals surface area contributed by atoms with Crippen LogP contribution in [0.25, 0.3) is 0 Å². The molecule has 0 atom stereocenters. The van der Waals surface area contributed by atoms with Gasteiger partial charge in [-0.15, -0.1) is 0 Å². The van der Waals surface area contributed by atoms with Crippen LogP contribution in [0.15, 0.2) is 12.4 Å². The first-order valence-corrected chi connectivity index (χ1v) is 3.64. The molecule has 0 aliphatic carbocycles. The molecule has 10 heavy (non-hydrogen) atoms. The quantitative estimate of drug-likeness (QED) is 0.683. The van der Waals surface area contributed by atoms with Gasteiger partial charge in [0.1, 0.15) is 0 Å². The lowest BCUT2D eigenvalue weighted by atomic mass is 10.5. The number of halogens is 1. The summed E-state index contributed by atoms with van der Waals surface area (Å²) in [5.41, 5.74) is 0. The fourth-order valence-electron chi connectivity index (χ4n) is 0.829. The number of nitrogens with one attached hydrogen (secondary N) is 1. The van der Waals surface area contributed by atoms with Crippen molar-refractivity contribution in [1.29, 1.82) is 0 Å². The molecular formula is C6H10ClN3. The zero-order chi connectivity index (χ0) is 7.40. The van der Waals surface area contributed by atoms with Crippen LogP contribution in [0.3, 0.4) is 0 Å². The lowest BCUT2D eigenvalue weighted by Gasteiger charge is -2.01. The first-order valence-electron chi connectivity index (χ1n) is 3.26. The third-order valence-corrected chi connectivity index (χ3v) is 1.43. The molecule has 0 radical (unpaired) electrons. The summed E-state index contributed by atoms with van der Waals surface area (Å²) in [7, 11) is 0. The monoisotopic (exact) mass is 159 g/mol. The summed E-state index contributed by atoms with van der Waals surface area (Å²) in [6.07, 6.45) is 4.70. The highest BCUT2D eigenvalue weighted by Crippen LogP contribution is 2.05. The minimum Gasteiger partial charge on any atom is -0.317 e. The summed E-state index contributed by atoms with van der Waals surface area (Å²) in [6.45, 7) is 3.06. The van der Waals surface area contributed by atoms with Gasteiger partial charge in [0.15, 0.2) is 0 Å². The van der Waals surface area contributed by atoms with E-state index in [0.29, 0.717) is 5.95 Å². The second-order valence-electron chi connectivity index (χ2n) is 2.04. The van der Waals surface area contributed by atoms with E-state index in [1.54, 1.807) is 6.20 Å². The van der Waals surface area contributed by atoms with Crippen LogP contribution in [0.5, 0.6) is 0 Å². The van der Waals surface area contributed by atoms with Crippen molar-refractivity contribution in [2.75, 3.05) is 4.84 Å². The molecule has 0 fully saturated rings. The highest BCUT2D eigenvalue weighted by atomic mass is 35.5. The van der Waals surface area contributed by atoms with Crippen molar-refractivity contribution in [2.45, 2.75) is 19.9 Å². The molecule has 1 N–H and O–H groups in total. The first kappa shape index (κ1) is 7.41. The van der Waals surface area contributed by atoms with Crippen LogP contribution in [0.1, 0.15) is 13.3 Å². The van der Waals surface area contributed by atoms with Crippen LogP contribution in [-0.4, -0.2) is 9.55 Å². The van der Waals surface area contributed by atoms with E-state index in [0.717, 1.165) is 13.0 Å². The summed E-state index contributed by atoms with van der Waals surface area (Å²) in [4.78, 5) is 6.46. The Morgan fingerprint density at radius 2 is 2.60 bits per heavy atom. The Kier molecular flexibility index (Phi) is 2.57. The molecule has 56 valence electrons. The molecule has 1 aromatic rings. The van der Waals surface area contributed by atoms with Gasteiger partial charge in [-0.25, -0.2) is 4.98 Å². The van der Waals surface area contributed by atoms with Crippen LogP contribution < -0.4 is 4.84 Å². The van der Waals surface area contributed by atoms with E-state index in [9.17, 15) is 0 Å². The van der Waals surface area contributed by atoms with Gasteiger partial charge >= 0.3 is 0 Å². The van der Waals surface area contributed by atoms with Crippen molar-refractivity contribution >= 4 is 17.7 Å². The van der Waals surface area contributed by atoms with E-state index in [2.05, 4.69) is 16.7 Å². The molecule has 0 spiro atoms. The van der Waals surface area contributed by atoms with Crippen LogP contribution in [-0.2, 0) is 6.54 Å². The maximum Gasteiger partial charge on any atom is 0.217 e. The first-order chi connectivity index (χ1) is 4.88. The van der Waals surface area contributed by atoms with E-state index >= 15 is 0 Å². The van der Waals surface area contributed by atoms with E-state index in [-0.39, 0.29) is 0 Å². The van der Waals surface area contributed by atoms with E-state index < -0.39 is 0 Å². The predicted molar refractivity (Wildman–Crippen MR) is 42.0 cm³/mol. The van der Waals surface area contributed by atoms with Crippen molar-refractivity contribution < 1.29 is 0 Å². The second kappa shape index (κ2) is 3.46. The summed E-state index contributed by atoms with van der Waals surface area (Å²) < 4.78 is 1.97. The molecule has 3 nitrogen and oxygen atoms in total. The number of hydrogen-bond donors (Lipinski definition) is 1. The van der Waals surface area contributed by atoms with Gasteiger partial charge in [-0.05, 0) is 6.42 Å². The van der Waals surface area contributed by atoms with Crippen molar-refractivity contribution in [3.8, 4) is 0 Å². The highest BCUT2D eigenvalue weighted by molar-refractivity contribution is 6.23. The molecule has 4 heteroatoms. The van der Waals surface area contributed by atoms with Crippen LogP contribution in [0.4, 0.5) is 5.95 Å². The molecule has 0 aliphatic heterocycles. The standard InChI is InChI=1S/C6H10ClN3/c1-2-4-10-5-3-8-6(10)9-7/h3,5H,2,4H2,1H3,(H,8,9). The summed E-state index contributed by atoms with van der Waals surface area (Å²) >= 11 is 5.38. The van der Waals surface area contributed by atoms with Crippen molar-refractivity contribution in [1.82, 2.24) is 9.55 Å². The van der Waals surface area contributed by atoms with Gasteiger partial charge in [0.05, 0.1) is 0 Å². The summed E-state index contributed by atoms with van der Waals surface area (Å²) in [5, 5.41) is 0. The average Bonchev–Trinajstić information content (AvgIpc) is 2.36. The Hall–Kier alpha value is -0.700. The lowest BCUT2D eigenvalue weighted by molar-refractivity contribution is 0.688. The largest absolute Gasteiger partial charge is 0.317 e. The topological polar surface area (TPSA) is 29.9 Å². The number of hydrogen-bond acceptors (Lipinski definition) is 2. The molecule has 0 saturated carbocycles. The Bertz CT molecular complexity index is 197. The van der Waals surface area contributed by atoms with E-state index in [4.69, 9.17) is 11.8 Å². The van der Waals surface area contributed by atoms with Gasteiger partial charge in [-0.3, -0.25) is 4.84 Å². The van der Waals surface area contributed by atoms with Crippen molar-refractivity contribution in [3.63, 3.8) is 0 Å². The van der Waals surface area contributed by atoms with E-state index in [1.165, 1.54) is 0 Å². The number of rotatable bonds is 3. The molecule has 0 unspecified atom stereocenters. The zero-order valence-electron chi connectivity index (χ0n) is 5.84. The third-order valence-electron chi connectivity index (χ3n) is 1.26. The van der Waals surface area contributed by atoms with Crippen LogP contribution >= 0.6 is 11.8 Å². The van der Waals surface area contributed by atoms with Crippen LogP contribution in [0.2, 0.25) is 0 Å². The Morgan fingerprint density at radius 3 is 3.20 bits per heavy atom. The van der Waals surface area contributed by atoms with E-state index in [1.807, 2.05) is 10.8 Å². The highest BCUT2D eigenvalue weighted by Gasteiger charge is 1.96. The Morgan fingerprint density at radius 1 is 1.80 bits per heavy atom. The molecule has 0 aromatic carbocycles. The minimum absolute atomic E-state index is 0.712. The fraction of sp³-hybridized carbons (Fsp3) is 0.500. The Balaban J connectivity index is 2.70. The number of aryl methyl sites for hydroxylation is 1. The molecule has 0 saturated heterocycles. The molecular weight excluding hydrogens is 150 g/mol. The number of nitrogens with zero attached hydrogens (tertiary/aromatic N) is 2. The number of anilines is 1. The number of imidazole rings is 1. The predicted octanol–water partition coefficient (Wildman–Crippen LogP) is 1.86. The normalized spacial score (nSPS) is 9.80. The third kappa shape index (κ3) is 1.42. The van der Waals surface area contributed by atoms with Gasteiger partial charge in [0.25, 0.3) is 0 Å². The average molecular weight is 160 g/mol. The van der Waals surface area contributed by atoms with Crippen LogP contribution in [0, 0.1) is 0 Å². The van der Waals surface area contributed by atoms with Crippen molar-refractivity contribution in [2.24, 2.45) is 0 Å². The SMILES string of the molecule is CCCn1ccnc1NCl. The van der Waals surface area contributed by atoms with Gasteiger partial charge in [0.2, 0.25) is 5.95 Å². The maximum atomic E-state index is 5.38. The maximum absolute atomic E-state index is 5.38. The lowest BCUT2D eigenvalue weighted by Crippen LogP contribution is -1.98. The molecule has 1 rings (SSSR count). The zero-order valence-corrected chi connectivity index (χ0v) is 6.60. The van der Waals surface area contributed by atoms with Gasteiger partial charge < -0.3 is 4.57 Å². The van der Waals surface area contributed by atoms with Gasteiger partial charge in [-0.1, -0.05) is 6.92 Å². The summed E-state index contributed by atoms with van der Waals surface area (Å²) in [6, 6.07) is 0. The Labute approximate surface area is 65.1 Å². The minimum atomic E-state index is 0.712. The smallest absolute Gasteiger partial charge is 0.217 e. The number of aromatic nitrogens is 2. The summed E-state index contributed by atoms with van der Waals surface area (Å²) in [5.74, 6) is 0.712. The second-order valence-corrected chi connectivity index (χ2v) is 2.23.